The number of aromatic nitrogens is 1. The maximum absolute atomic E-state index is 14.9. The maximum atomic E-state index is 14.9. The lowest BCUT2D eigenvalue weighted by atomic mass is 9.91. The number of ether oxygens (including phenoxy) is 3. The van der Waals surface area contributed by atoms with Crippen molar-refractivity contribution in [2.75, 3.05) is 33.4 Å². The van der Waals surface area contributed by atoms with Gasteiger partial charge in [0.1, 0.15) is 6.10 Å². The SMILES string of the molecule is CCOC(=O)/C=C\c1ccc(OC2CCN(CC(O)(c3cn(Cc4ccccc4)c4cc([N+](=O)[O-])ccc34)C(F)(F)F)CC2)c(OC)c1. The summed E-state index contributed by atoms with van der Waals surface area (Å²) >= 11 is 0. The number of methoxy groups -OCH3 is 1. The fraction of sp³-hybridized carbons (Fsp3) is 0.343. The van der Waals surface area contributed by atoms with Crippen LogP contribution in [-0.2, 0) is 21.7 Å². The number of nitro groups is 1. The molecule has 0 amide bonds. The summed E-state index contributed by atoms with van der Waals surface area (Å²) in [6.45, 7) is 1.85. The van der Waals surface area contributed by atoms with Gasteiger partial charge in [-0.15, -0.1) is 0 Å². The number of nitrogens with zero attached hydrogens (tertiary/aromatic N) is 3. The number of β-amino-alcohol motifs (C(OH)–C–C–N with tert-alkyl or cyclic N) is 1. The summed E-state index contributed by atoms with van der Waals surface area (Å²) in [5.74, 6) is 0.418. The van der Waals surface area contributed by atoms with E-state index < -0.39 is 29.2 Å². The number of carbonyl (C=O) groups excluding carboxylic acids is 1. The van der Waals surface area contributed by atoms with Crippen LogP contribution in [0, 0.1) is 10.1 Å². The molecule has 2 heterocycles. The van der Waals surface area contributed by atoms with E-state index in [1.165, 1.54) is 36.1 Å². The van der Waals surface area contributed by atoms with Crippen LogP contribution in [0.3, 0.4) is 0 Å². The minimum absolute atomic E-state index is 0.0854. The van der Waals surface area contributed by atoms with Crippen molar-refractivity contribution in [2.24, 2.45) is 0 Å². The summed E-state index contributed by atoms with van der Waals surface area (Å²) in [6.07, 6.45) is -0.434. The Morgan fingerprint density at radius 3 is 2.44 bits per heavy atom. The van der Waals surface area contributed by atoms with Crippen LogP contribution < -0.4 is 9.47 Å². The van der Waals surface area contributed by atoms with Crippen LogP contribution in [0.4, 0.5) is 18.9 Å². The van der Waals surface area contributed by atoms with E-state index >= 15 is 0 Å². The van der Waals surface area contributed by atoms with Crippen molar-refractivity contribution in [3.63, 3.8) is 0 Å². The Balaban J connectivity index is 1.34. The lowest BCUT2D eigenvalue weighted by molar-refractivity contribution is -0.384. The molecule has 1 aliphatic rings. The zero-order valence-electron chi connectivity index (χ0n) is 26.5. The molecule has 13 heteroatoms. The summed E-state index contributed by atoms with van der Waals surface area (Å²) in [7, 11) is 1.48. The Morgan fingerprint density at radius 2 is 1.79 bits per heavy atom. The molecule has 1 aliphatic heterocycles. The van der Waals surface area contributed by atoms with E-state index in [-0.39, 0.29) is 54.5 Å². The molecule has 254 valence electrons. The smallest absolute Gasteiger partial charge is 0.422 e. The van der Waals surface area contributed by atoms with Crippen molar-refractivity contribution >= 4 is 28.6 Å². The van der Waals surface area contributed by atoms with E-state index in [4.69, 9.17) is 14.2 Å². The molecule has 0 bridgehead atoms. The number of hydrogen-bond donors (Lipinski definition) is 1. The normalized spacial score (nSPS) is 15.8. The summed E-state index contributed by atoms with van der Waals surface area (Å²) in [5.41, 5.74) is -2.20. The quantitative estimate of drug-likeness (QED) is 0.0791. The highest BCUT2D eigenvalue weighted by Crippen LogP contribution is 2.44. The molecule has 5 rings (SSSR count). The molecule has 1 saturated heterocycles. The first-order valence-corrected chi connectivity index (χ1v) is 15.4. The average Bonchev–Trinajstić information content (AvgIpc) is 3.43. The van der Waals surface area contributed by atoms with Crippen LogP contribution in [-0.4, -0.2) is 71.1 Å². The van der Waals surface area contributed by atoms with E-state index in [2.05, 4.69) is 0 Å². The summed E-state index contributed by atoms with van der Waals surface area (Å²) < 4.78 is 62.6. The third-order valence-corrected chi connectivity index (χ3v) is 8.35. The first kappa shape index (κ1) is 34.5. The van der Waals surface area contributed by atoms with Gasteiger partial charge in [-0.2, -0.15) is 13.2 Å². The minimum atomic E-state index is -5.05. The number of likely N-dealkylation sites (tertiary alicyclic amines) is 1. The number of carbonyl (C=O) groups is 1. The van der Waals surface area contributed by atoms with Crippen molar-refractivity contribution < 1.29 is 42.2 Å². The van der Waals surface area contributed by atoms with Gasteiger partial charge in [0.05, 0.1) is 24.2 Å². The number of rotatable bonds is 12. The Bertz CT molecular complexity index is 1780. The van der Waals surface area contributed by atoms with Crippen LogP contribution in [0.5, 0.6) is 11.5 Å². The van der Waals surface area contributed by atoms with Crippen LogP contribution in [0.25, 0.3) is 17.0 Å². The molecule has 0 radical (unpaired) electrons. The zero-order valence-corrected chi connectivity index (χ0v) is 26.5. The van der Waals surface area contributed by atoms with E-state index in [0.29, 0.717) is 29.9 Å². The van der Waals surface area contributed by atoms with Gasteiger partial charge in [-0.05, 0) is 55.2 Å². The molecule has 1 N–H and O–H groups in total. The molecular weight excluding hydrogens is 631 g/mol. The Kier molecular flexibility index (Phi) is 10.4. The standard InChI is InChI=1S/C35H36F3N3O7/c1-3-47-33(42)14-10-24-9-13-31(32(19-24)46-2)48-27-15-17-39(18-16-27)23-34(43,35(36,37)38)29-22-40(21-25-7-5-4-6-8-25)30-20-26(41(44)45)11-12-28(29)30/h4-14,19-20,22,27,43H,3,15-18,21,23H2,1-2H3/b14-10-. The van der Waals surface area contributed by atoms with Crippen LogP contribution >= 0.6 is 0 Å². The molecule has 0 spiro atoms. The van der Waals surface area contributed by atoms with E-state index in [1.54, 1.807) is 60.4 Å². The van der Waals surface area contributed by atoms with Crippen LogP contribution in [0.2, 0.25) is 0 Å². The number of fused-ring (bicyclic) bond motifs is 1. The lowest BCUT2D eigenvalue weighted by Gasteiger charge is -2.39. The highest BCUT2D eigenvalue weighted by molar-refractivity contribution is 5.88. The number of esters is 1. The van der Waals surface area contributed by atoms with E-state index in [0.717, 1.165) is 11.6 Å². The third-order valence-electron chi connectivity index (χ3n) is 8.35. The van der Waals surface area contributed by atoms with Gasteiger partial charge in [0, 0.05) is 61.5 Å². The fourth-order valence-electron chi connectivity index (χ4n) is 5.89. The molecule has 10 nitrogen and oxygen atoms in total. The molecule has 1 atom stereocenters. The number of alkyl halides is 3. The van der Waals surface area contributed by atoms with Crippen molar-refractivity contribution in [1.29, 1.82) is 0 Å². The molecule has 1 unspecified atom stereocenters. The van der Waals surface area contributed by atoms with Gasteiger partial charge < -0.3 is 23.9 Å². The largest absolute Gasteiger partial charge is 0.493 e. The number of aliphatic hydroxyl groups is 1. The van der Waals surface area contributed by atoms with Crippen LogP contribution in [0.1, 0.15) is 36.5 Å². The Labute approximate surface area is 275 Å². The highest BCUT2D eigenvalue weighted by atomic mass is 19.4. The third kappa shape index (κ3) is 7.63. The predicted molar refractivity (Wildman–Crippen MR) is 173 cm³/mol. The maximum Gasteiger partial charge on any atom is 0.422 e. The number of nitro benzene ring substituents is 1. The molecule has 48 heavy (non-hydrogen) atoms. The molecule has 0 saturated carbocycles. The van der Waals surface area contributed by atoms with Gasteiger partial charge in [0.25, 0.3) is 5.69 Å². The molecule has 4 aromatic rings. The van der Waals surface area contributed by atoms with E-state index in [9.17, 15) is 33.2 Å². The molecule has 1 aromatic heterocycles. The molecule has 1 fully saturated rings. The molecular formula is C35H36F3N3O7. The minimum Gasteiger partial charge on any atom is -0.493 e. The number of non-ortho nitro benzene ring substituents is 1. The molecule has 3 aromatic carbocycles. The average molecular weight is 668 g/mol. The fourth-order valence-corrected chi connectivity index (χ4v) is 5.89. The first-order valence-electron chi connectivity index (χ1n) is 15.4. The van der Waals surface area contributed by atoms with Gasteiger partial charge >= 0.3 is 12.1 Å². The monoisotopic (exact) mass is 667 g/mol. The van der Waals surface area contributed by atoms with Crippen LogP contribution in [0.15, 0.2) is 79.0 Å². The number of piperidine rings is 1. The Hall–Kier alpha value is -4.88. The summed E-state index contributed by atoms with van der Waals surface area (Å²) in [5, 5.41) is 23.1. The molecule has 0 aliphatic carbocycles. The second kappa shape index (κ2) is 14.5. The predicted octanol–water partition coefficient (Wildman–Crippen LogP) is 6.48. The van der Waals surface area contributed by atoms with Gasteiger partial charge in [0.2, 0.25) is 5.60 Å². The van der Waals surface area contributed by atoms with Crippen molar-refractivity contribution in [3.8, 4) is 11.5 Å². The number of hydrogen-bond acceptors (Lipinski definition) is 8. The second-order valence-corrected chi connectivity index (χ2v) is 11.6. The highest BCUT2D eigenvalue weighted by Gasteiger charge is 2.57. The lowest BCUT2D eigenvalue weighted by Crippen LogP contribution is -2.53. The topological polar surface area (TPSA) is 116 Å². The van der Waals surface area contributed by atoms with Gasteiger partial charge in [-0.1, -0.05) is 36.4 Å². The Morgan fingerprint density at radius 1 is 1.06 bits per heavy atom. The second-order valence-electron chi connectivity index (χ2n) is 11.6. The van der Waals surface area contributed by atoms with E-state index in [1.807, 2.05) is 6.07 Å². The van der Waals surface area contributed by atoms with Crippen molar-refractivity contribution in [3.05, 3.63) is 106 Å². The van der Waals surface area contributed by atoms with Gasteiger partial charge in [-0.3, -0.25) is 15.0 Å². The first-order chi connectivity index (χ1) is 22.9. The number of halogens is 3. The van der Waals surface area contributed by atoms with Crippen molar-refractivity contribution in [2.45, 2.75) is 44.2 Å². The summed E-state index contributed by atoms with van der Waals surface area (Å²) in [6, 6.07) is 17.8. The summed E-state index contributed by atoms with van der Waals surface area (Å²) in [4.78, 5) is 24.1. The van der Waals surface area contributed by atoms with Crippen molar-refractivity contribution in [1.82, 2.24) is 9.47 Å². The zero-order chi connectivity index (χ0) is 34.5. The number of benzene rings is 3. The van der Waals surface area contributed by atoms with Gasteiger partial charge in [-0.25, -0.2) is 4.79 Å². The van der Waals surface area contributed by atoms with Gasteiger partial charge in [0.15, 0.2) is 11.5 Å².